The zero-order valence-corrected chi connectivity index (χ0v) is 12.7. The van der Waals surface area contributed by atoms with Crippen molar-refractivity contribution in [3.8, 4) is 23.0 Å². The summed E-state index contributed by atoms with van der Waals surface area (Å²) >= 11 is 0. The summed E-state index contributed by atoms with van der Waals surface area (Å²) in [4.78, 5) is 0. The van der Waals surface area contributed by atoms with Crippen LogP contribution in [0.25, 0.3) is 0 Å². The molecule has 0 aromatic heterocycles. The highest BCUT2D eigenvalue weighted by Crippen LogP contribution is 2.40. The summed E-state index contributed by atoms with van der Waals surface area (Å²) in [5.74, 6) is 2.67. The number of nitrogens with one attached hydrogen (secondary N) is 1. The minimum Gasteiger partial charge on any atom is -0.493 e. The lowest BCUT2D eigenvalue weighted by molar-refractivity contribution is 0.345. The van der Waals surface area contributed by atoms with Crippen molar-refractivity contribution in [2.24, 2.45) is 0 Å². The third kappa shape index (κ3) is 3.67. The number of ether oxygens (including phenoxy) is 3. The van der Waals surface area contributed by atoms with E-state index in [0.29, 0.717) is 17.2 Å². The Balaban J connectivity index is 2.34. The predicted octanol–water partition coefficient (Wildman–Crippen LogP) is 3.61. The zero-order valence-electron chi connectivity index (χ0n) is 12.7. The molecule has 4 heteroatoms. The molecule has 2 aromatic rings. The van der Waals surface area contributed by atoms with Gasteiger partial charge in [0.15, 0.2) is 11.5 Å². The van der Waals surface area contributed by atoms with Gasteiger partial charge in [0.05, 0.1) is 14.2 Å². The Labute approximate surface area is 125 Å². The van der Waals surface area contributed by atoms with Crippen molar-refractivity contribution >= 4 is 0 Å². The van der Waals surface area contributed by atoms with Crippen LogP contribution in [0.4, 0.5) is 0 Å². The quantitative estimate of drug-likeness (QED) is 0.844. The molecule has 0 radical (unpaired) electrons. The Morgan fingerprint density at radius 1 is 0.857 bits per heavy atom. The SMILES string of the molecule is CCNCc1ccccc1Oc1c(OC)cccc1OC. The van der Waals surface area contributed by atoms with E-state index < -0.39 is 0 Å². The molecule has 0 fully saturated rings. The summed E-state index contributed by atoms with van der Waals surface area (Å²) in [7, 11) is 3.23. The van der Waals surface area contributed by atoms with E-state index in [1.165, 1.54) is 0 Å². The molecule has 0 bridgehead atoms. The number of benzene rings is 2. The van der Waals surface area contributed by atoms with E-state index in [9.17, 15) is 0 Å². The maximum absolute atomic E-state index is 6.06. The van der Waals surface area contributed by atoms with Gasteiger partial charge in [-0.25, -0.2) is 0 Å². The molecule has 1 N–H and O–H groups in total. The summed E-state index contributed by atoms with van der Waals surface area (Å²) in [6.07, 6.45) is 0. The Bertz CT molecular complexity index is 562. The van der Waals surface area contributed by atoms with E-state index >= 15 is 0 Å². The molecule has 0 heterocycles. The van der Waals surface area contributed by atoms with Crippen molar-refractivity contribution < 1.29 is 14.2 Å². The van der Waals surface area contributed by atoms with Crippen LogP contribution in [0, 0.1) is 0 Å². The van der Waals surface area contributed by atoms with Crippen LogP contribution in [0.2, 0.25) is 0 Å². The van der Waals surface area contributed by atoms with Crippen molar-refractivity contribution in [1.29, 1.82) is 0 Å². The van der Waals surface area contributed by atoms with E-state index in [4.69, 9.17) is 14.2 Å². The molecular weight excluding hydrogens is 266 g/mol. The van der Waals surface area contributed by atoms with Gasteiger partial charge in [-0.2, -0.15) is 0 Å². The minimum absolute atomic E-state index is 0.589. The second-order valence-electron chi connectivity index (χ2n) is 4.48. The summed E-state index contributed by atoms with van der Waals surface area (Å²) < 4.78 is 16.8. The molecule has 0 atom stereocenters. The van der Waals surface area contributed by atoms with E-state index in [0.717, 1.165) is 24.4 Å². The van der Waals surface area contributed by atoms with Gasteiger partial charge in [0.25, 0.3) is 0 Å². The highest BCUT2D eigenvalue weighted by atomic mass is 16.5. The van der Waals surface area contributed by atoms with Gasteiger partial charge in [-0.3, -0.25) is 0 Å². The normalized spacial score (nSPS) is 10.2. The van der Waals surface area contributed by atoms with Crippen LogP contribution in [-0.4, -0.2) is 20.8 Å². The second-order valence-corrected chi connectivity index (χ2v) is 4.48. The molecule has 0 amide bonds. The third-order valence-corrected chi connectivity index (χ3v) is 3.13. The van der Waals surface area contributed by atoms with Crippen LogP contribution < -0.4 is 19.5 Å². The first-order valence-corrected chi connectivity index (χ1v) is 6.97. The van der Waals surface area contributed by atoms with Gasteiger partial charge in [-0.05, 0) is 24.7 Å². The maximum Gasteiger partial charge on any atom is 0.211 e. The molecule has 0 aliphatic carbocycles. The van der Waals surface area contributed by atoms with Crippen molar-refractivity contribution in [3.05, 3.63) is 48.0 Å². The van der Waals surface area contributed by atoms with Crippen LogP contribution in [0.1, 0.15) is 12.5 Å². The Hall–Kier alpha value is -2.20. The van der Waals surface area contributed by atoms with Gasteiger partial charge in [0.2, 0.25) is 5.75 Å². The highest BCUT2D eigenvalue weighted by Gasteiger charge is 2.14. The highest BCUT2D eigenvalue weighted by molar-refractivity contribution is 5.53. The van der Waals surface area contributed by atoms with Gasteiger partial charge in [-0.1, -0.05) is 31.2 Å². The lowest BCUT2D eigenvalue weighted by Gasteiger charge is -2.16. The molecule has 112 valence electrons. The number of methoxy groups -OCH3 is 2. The van der Waals surface area contributed by atoms with E-state index in [1.807, 2.05) is 42.5 Å². The molecule has 0 spiro atoms. The fourth-order valence-corrected chi connectivity index (χ4v) is 2.04. The van der Waals surface area contributed by atoms with Gasteiger partial charge in [0.1, 0.15) is 5.75 Å². The van der Waals surface area contributed by atoms with Gasteiger partial charge in [-0.15, -0.1) is 0 Å². The number of para-hydroxylation sites is 2. The summed E-state index contributed by atoms with van der Waals surface area (Å²) in [6.45, 7) is 3.74. The molecule has 0 aliphatic heterocycles. The molecule has 0 saturated carbocycles. The fourth-order valence-electron chi connectivity index (χ4n) is 2.04. The lowest BCUT2D eigenvalue weighted by atomic mass is 10.2. The topological polar surface area (TPSA) is 39.7 Å². The first-order valence-electron chi connectivity index (χ1n) is 6.97. The Morgan fingerprint density at radius 2 is 1.48 bits per heavy atom. The smallest absolute Gasteiger partial charge is 0.211 e. The molecule has 0 unspecified atom stereocenters. The molecule has 0 saturated heterocycles. The molecular formula is C17H21NO3. The summed E-state index contributed by atoms with van der Waals surface area (Å²) in [6, 6.07) is 13.5. The average molecular weight is 287 g/mol. The molecule has 4 nitrogen and oxygen atoms in total. The monoisotopic (exact) mass is 287 g/mol. The van der Waals surface area contributed by atoms with Crippen LogP contribution in [0.5, 0.6) is 23.0 Å². The van der Waals surface area contributed by atoms with Gasteiger partial charge in [0, 0.05) is 12.1 Å². The summed E-state index contributed by atoms with van der Waals surface area (Å²) in [5.41, 5.74) is 1.09. The van der Waals surface area contributed by atoms with E-state index in [1.54, 1.807) is 14.2 Å². The first-order chi connectivity index (χ1) is 10.3. The number of rotatable bonds is 7. The van der Waals surface area contributed by atoms with Crippen molar-refractivity contribution in [1.82, 2.24) is 5.32 Å². The van der Waals surface area contributed by atoms with Crippen molar-refractivity contribution in [3.63, 3.8) is 0 Å². The van der Waals surface area contributed by atoms with Crippen LogP contribution in [-0.2, 0) is 6.54 Å². The molecule has 2 rings (SSSR count). The predicted molar refractivity (Wildman–Crippen MR) is 83.4 cm³/mol. The molecule has 2 aromatic carbocycles. The van der Waals surface area contributed by atoms with Crippen molar-refractivity contribution in [2.75, 3.05) is 20.8 Å². The molecule has 21 heavy (non-hydrogen) atoms. The first kappa shape index (κ1) is 15.2. The maximum atomic E-state index is 6.06. The second kappa shape index (κ2) is 7.55. The van der Waals surface area contributed by atoms with E-state index in [2.05, 4.69) is 12.2 Å². The lowest BCUT2D eigenvalue weighted by Crippen LogP contribution is -2.12. The third-order valence-electron chi connectivity index (χ3n) is 3.13. The van der Waals surface area contributed by atoms with Crippen LogP contribution in [0.15, 0.2) is 42.5 Å². The number of hydrogen-bond acceptors (Lipinski definition) is 4. The van der Waals surface area contributed by atoms with Crippen LogP contribution in [0.3, 0.4) is 0 Å². The van der Waals surface area contributed by atoms with Crippen molar-refractivity contribution in [2.45, 2.75) is 13.5 Å². The Kier molecular flexibility index (Phi) is 5.46. The number of hydrogen-bond donors (Lipinski definition) is 1. The van der Waals surface area contributed by atoms with Crippen LogP contribution >= 0.6 is 0 Å². The van der Waals surface area contributed by atoms with Gasteiger partial charge >= 0.3 is 0 Å². The summed E-state index contributed by atoms with van der Waals surface area (Å²) in [5, 5.41) is 3.31. The molecule has 0 aliphatic rings. The standard InChI is InChI=1S/C17H21NO3/c1-4-18-12-13-8-5-6-9-14(13)21-17-15(19-2)10-7-11-16(17)20-3/h5-11,18H,4,12H2,1-3H3. The minimum atomic E-state index is 0.589. The zero-order chi connectivity index (χ0) is 15.1. The van der Waals surface area contributed by atoms with Gasteiger partial charge < -0.3 is 19.5 Å². The average Bonchev–Trinajstić information content (AvgIpc) is 2.54. The fraction of sp³-hybridized carbons (Fsp3) is 0.294. The Morgan fingerprint density at radius 3 is 2.10 bits per heavy atom. The van der Waals surface area contributed by atoms with E-state index in [-0.39, 0.29) is 0 Å². The largest absolute Gasteiger partial charge is 0.493 e.